The van der Waals surface area contributed by atoms with Crippen LogP contribution in [0.25, 0.3) is 0 Å². The molecule has 2 rings (SSSR count). The van der Waals surface area contributed by atoms with Gasteiger partial charge < -0.3 is 10.5 Å². The molecule has 1 fully saturated rings. The maximum absolute atomic E-state index is 13.5. The Morgan fingerprint density at radius 1 is 1.39 bits per heavy atom. The molecule has 0 aliphatic carbocycles. The molecular formula is C13H18BrFN2O. The lowest BCUT2D eigenvalue weighted by atomic mass is 10.00. The molecule has 1 aliphatic rings. The summed E-state index contributed by atoms with van der Waals surface area (Å²) in [7, 11) is 0. The number of rotatable bonds is 3. The van der Waals surface area contributed by atoms with Crippen LogP contribution in [0.5, 0.6) is 0 Å². The van der Waals surface area contributed by atoms with Crippen LogP contribution in [0.15, 0.2) is 22.7 Å². The molecule has 1 saturated heterocycles. The molecule has 1 heterocycles. The van der Waals surface area contributed by atoms with E-state index in [1.807, 2.05) is 6.07 Å². The fourth-order valence-corrected chi connectivity index (χ4v) is 2.46. The molecular weight excluding hydrogens is 299 g/mol. The van der Waals surface area contributed by atoms with Crippen LogP contribution in [-0.4, -0.2) is 37.2 Å². The van der Waals surface area contributed by atoms with Crippen molar-refractivity contribution < 1.29 is 9.13 Å². The van der Waals surface area contributed by atoms with Gasteiger partial charge in [0.05, 0.1) is 17.7 Å². The highest BCUT2D eigenvalue weighted by atomic mass is 79.9. The fraction of sp³-hybridized carbons (Fsp3) is 0.538. The highest BCUT2D eigenvalue weighted by Gasteiger charge is 2.24. The van der Waals surface area contributed by atoms with Crippen molar-refractivity contribution in [3.63, 3.8) is 0 Å². The summed E-state index contributed by atoms with van der Waals surface area (Å²) in [5.74, 6) is -0.267. The predicted molar refractivity (Wildman–Crippen MR) is 72.9 cm³/mol. The number of morpholine rings is 1. The maximum Gasteiger partial charge on any atom is 0.137 e. The van der Waals surface area contributed by atoms with E-state index in [9.17, 15) is 4.39 Å². The summed E-state index contributed by atoms with van der Waals surface area (Å²) in [5, 5.41) is 0. The molecule has 2 unspecified atom stereocenters. The Balaban J connectivity index is 2.09. The summed E-state index contributed by atoms with van der Waals surface area (Å²) >= 11 is 3.15. The van der Waals surface area contributed by atoms with Crippen LogP contribution < -0.4 is 5.73 Å². The molecule has 0 saturated carbocycles. The molecule has 0 spiro atoms. The minimum Gasteiger partial charge on any atom is -0.379 e. The molecule has 1 aliphatic heterocycles. The number of hydrogen-bond acceptors (Lipinski definition) is 3. The van der Waals surface area contributed by atoms with Gasteiger partial charge in [0.25, 0.3) is 0 Å². The van der Waals surface area contributed by atoms with Crippen molar-refractivity contribution in [1.82, 2.24) is 4.90 Å². The van der Waals surface area contributed by atoms with Crippen molar-refractivity contribution in [3.05, 3.63) is 34.1 Å². The Labute approximate surface area is 115 Å². The summed E-state index contributed by atoms with van der Waals surface area (Å²) in [6, 6.07) is 5.07. The van der Waals surface area contributed by atoms with Crippen molar-refractivity contribution in [2.75, 3.05) is 26.3 Å². The number of hydrogen-bond donors (Lipinski definition) is 1. The highest BCUT2D eigenvalue weighted by molar-refractivity contribution is 9.10. The first-order valence-electron chi connectivity index (χ1n) is 6.12. The summed E-state index contributed by atoms with van der Waals surface area (Å²) in [5.41, 5.74) is 7.05. The number of nitrogens with zero attached hydrogens (tertiary/aromatic N) is 1. The van der Waals surface area contributed by atoms with Gasteiger partial charge in [-0.05, 0) is 40.5 Å². The molecule has 1 aromatic rings. The first-order valence-corrected chi connectivity index (χ1v) is 6.91. The van der Waals surface area contributed by atoms with Crippen molar-refractivity contribution in [2.45, 2.75) is 19.0 Å². The van der Waals surface area contributed by atoms with E-state index in [0.29, 0.717) is 4.47 Å². The second kappa shape index (κ2) is 6.10. The van der Waals surface area contributed by atoms with Crippen LogP contribution in [0.4, 0.5) is 4.39 Å². The second-order valence-corrected chi connectivity index (χ2v) is 5.44. The SMILES string of the molecule is CC(C(N)c1ccc(Br)c(F)c1)N1CCOCC1. The zero-order chi connectivity index (χ0) is 13.1. The Morgan fingerprint density at radius 2 is 2.06 bits per heavy atom. The Morgan fingerprint density at radius 3 is 2.67 bits per heavy atom. The van der Waals surface area contributed by atoms with Crippen molar-refractivity contribution in [1.29, 1.82) is 0 Å². The average molecular weight is 317 g/mol. The van der Waals surface area contributed by atoms with Gasteiger partial charge in [0.1, 0.15) is 5.82 Å². The highest BCUT2D eigenvalue weighted by Crippen LogP contribution is 2.23. The van der Waals surface area contributed by atoms with Crippen LogP contribution >= 0.6 is 15.9 Å². The minimum atomic E-state index is -0.267. The summed E-state index contributed by atoms with van der Waals surface area (Å²) in [6.45, 7) is 5.33. The lowest BCUT2D eigenvalue weighted by Crippen LogP contribution is -2.46. The minimum absolute atomic E-state index is 0.175. The number of ether oxygens (including phenoxy) is 1. The number of benzene rings is 1. The zero-order valence-electron chi connectivity index (χ0n) is 10.4. The first kappa shape index (κ1) is 13.9. The smallest absolute Gasteiger partial charge is 0.137 e. The summed E-state index contributed by atoms with van der Waals surface area (Å²) in [6.07, 6.45) is 0. The zero-order valence-corrected chi connectivity index (χ0v) is 12.0. The van der Waals surface area contributed by atoms with Crippen LogP contribution in [0.3, 0.4) is 0 Å². The number of halogens is 2. The monoisotopic (exact) mass is 316 g/mol. The molecule has 1 aromatic carbocycles. The van der Waals surface area contributed by atoms with Gasteiger partial charge in [-0.3, -0.25) is 4.90 Å². The quantitative estimate of drug-likeness (QED) is 0.930. The number of nitrogens with two attached hydrogens (primary N) is 1. The van der Waals surface area contributed by atoms with Crippen molar-refractivity contribution in [3.8, 4) is 0 Å². The third-order valence-corrected chi connectivity index (χ3v) is 4.11. The molecule has 2 atom stereocenters. The van der Waals surface area contributed by atoms with E-state index in [4.69, 9.17) is 10.5 Å². The van der Waals surface area contributed by atoms with Crippen LogP contribution in [0.1, 0.15) is 18.5 Å². The average Bonchev–Trinajstić information content (AvgIpc) is 2.41. The molecule has 0 radical (unpaired) electrons. The van der Waals surface area contributed by atoms with Gasteiger partial charge in [0.15, 0.2) is 0 Å². The van der Waals surface area contributed by atoms with Crippen LogP contribution in [-0.2, 0) is 4.74 Å². The normalized spacial score (nSPS) is 20.7. The molecule has 100 valence electrons. The molecule has 3 nitrogen and oxygen atoms in total. The fourth-order valence-electron chi connectivity index (χ4n) is 2.21. The lowest BCUT2D eigenvalue weighted by Gasteiger charge is -2.35. The Bertz CT molecular complexity index is 410. The van der Waals surface area contributed by atoms with Gasteiger partial charge in [0, 0.05) is 25.2 Å². The van der Waals surface area contributed by atoms with E-state index < -0.39 is 0 Å². The lowest BCUT2D eigenvalue weighted by molar-refractivity contribution is 0.0150. The standard InChI is InChI=1S/C13H18BrFN2O/c1-9(17-4-6-18-7-5-17)13(16)10-2-3-11(14)12(15)8-10/h2-3,8-9,13H,4-7,16H2,1H3. The van der Waals surface area contributed by atoms with Crippen LogP contribution in [0.2, 0.25) is 0 Å². The van der Waals surface area contributed by atoms with Crippen molar-refractivity contribution in [2.24, 2.45) is 5.73 Å². The van der Waals surface area contributed by atoms with Gasteiger partial charge in [-0.1, -0.05) is 6.07 Å². The van der Waals surface area contributed by atoms with E-state index in [-0.39, 0.29) is 17.9 Å². The van der Waals surface area contributed by atoms with E-state index in [0.717, 1.165) is 31.9 Å². The van der Waals surface area contributed by atoms with Crippen molar-refractivity contribution >= 4 is 15.9 Å². The Hall–Kier alpha value is -0.490. The second-order valence-electron chi connectivity index (χ2n) is 4.59. The van der Waals surface area contributed by atoms with E-state index in [1.54, 1.807) is 6.07 Å². The Kier molecular flexibility index (Phi) is 4.72. The summed E-state index contributed by atoms with van der Waals surface area (Å²) in [4.78, 5) is 2.29. The third kappa shape index (κ3) is 3.09. The topological polar surface area (TPSA) is 38.5 Å². The maximum atomic E-state index is 13.5. The van der Waals surface area contributed by atoms with Gasteiger partial charge in [-0.2, -0.15) is 0 Å². The molecule has 0 amide bonds. The third-order valence-electron chi connectivity index (χ3n) is 3.47. The predicted octanol–water partition coefficient (Wildman–Crippen LogP) is 2.31. The first-order chi connectivity index (χ1) is 8.59. The van der Waals surface area contributed by atoms with Gasteiger partial charge in [-0.15, -0.1) is 0 Å². The molecule has 0 aromatic heterocycles. The van der Waals surface area contributed by atoms with Crippen LogP contribution in [0, 0.1) is 5.82 Å². The van der Waals surface area contributed by atoms with Gasteiger partial charge in [0.2, 0.25) is 0 Å². The van der Waals surface area contributed by atoms with E-state index >= 15 is 0 Å². The molecule has 2 N–H and O–H groups in total. The van der Waals surface area contributed by atoms with Gasteiger partial charge >= 0.3 is 0 Å². The molecule has 0 bridgehead atoms. The molecule has 5 heteroatoms. The van der Waals surface area contributed by atoms with Gasteiger partial charge in [-0.25, -0.2) is 4.39 Å². The molecule has 18 heavy (non-hydrogen) atoms. The summed E-state index contributed by atoms with van der Waals surface area (Å²) < 4.78 is 19.3. The van der Waals surface area contributed by atoms with E-state index in [2.05, 4.69) is 27.8 Å². The van der Waals surface area contributed by atoms with E-state index in [1.165, 1.54) is 6.07 Å². The largest absolute Gasteiger partial charge is 0.379 e.